The second kappa shape index (κ2) is 8.22. The third kappa shape index (κ3) is 6.10. The molecular weight excluding hydrogens is 272 g/mol. The maximum Gasteiger partial charge on any atom is 0.328 e. The van der Waals surface area contributed by atoms with E-state index in [0.29, 0.717) is 11.8 Å². The van der Waals surface area contributed by atoms with E-state index in [9.17, 15) is 4.79 Å². The lowest BCUT2D eigenvalue weighted by Gasteiger charge is -2.42. The molecule has 1 aliphatic rings. The van der Waals surface area contributed by atoms with E-state index in [1.54, 1.807) is 6.92 Å². The highest BCUT2D eigenvalue weighted by atomic mass is 16.4. The lowest BCUT2D eigenvalue weighted by molar-refractivity contribution is -0.131. The fourth-order valence-electron chi connectivity index (χ4n) is 3.53. The molecule has 122 valence electrons. The Morgan fingerprint density at radius 3 is 2.64 bits per heavy atom. The largest absolute Gasteiger partial charge is 0.478 e. The smallest absolute Gasteiger partial charge is 0.328 e. The van der Waals surface area contributed by atoms with Crippen molar-refractivity contribution < 1.29 is 9.90 Å². The van der Waals surface area contributed by atoms with Crippen molar-refractivity contribution in [3.05, 3.63) is 23.3 Å². The van der Waals surface area contributed by atoms with Crippen LogP contribution in [0.4, 0.5) is 0 Å². The number of rotatable bonds is 4. The van der Waals surface area contributed by atoms with E-state index in [1.807, 2.05) is 6.92 Å². The van der Waals surface area contributed by atoms with Crippen LogP contribution in [0.3, 0.4) is 0 Å². The van der Waals surface area contributed by atoms with E-state index in [-0.39, 0.29) is 0 Å². The van der Waals surface area contributed by atoms with Crippen molar-refractivity contribution in [2.45, 2.75) is 66.7 Å². The number of carboxylic acids is 1. The molecule has 0 aliphatic heterocycles. The van der Waals surface area contributed by atoms with E-state index in [0.717, 1.165) is 29.4 Å². The fourth-order valence-corrected chi connectivity index (χ4v) is 3.53. The second-order valence-electron chi connectivity index (χ2n) is 7.39. The first-order chi connectivity index (χ1) is 10.2. The number of carboxylic acid groups (broad SMARTS) is 1. The van der Waals surface area contributed by atoms with Gasteiger partial charge in [0.15, 0.2) is 0 Å². The monoisotopic (exact) mass is 302 g/mol. The molecule has 1 aliphatic carbocycles. The molecule has 0 heterocycles. The molecule has 1 fully saturated rings. The topological polar surface area (TPSA) is 37.3 Å². The Morgan fingerprint density at radius 1 is 1.36 bits per heavy atom. The van der Waals surface area contributed by atoms with Crippen molar-refractivity contribution >= 4 is 5.97 Å². The van der Waals surface area contributed by atoms with E-state index >= 15 is 0 Å². The van der Waals surface area contributed by atoms with Crippen LogP contribution >= 0.6 is 0 Å². The minimum Gasteiger partial charge on any atom is -0.478 e. The molecule has 0 radical (unpaired) electrons. The molecule has 0 amide bonds. The van der Waals surface area contributed by atoms with Crippen LogP contribution in [-0.2, 0) is 4.79 Å². The summed E-state index contributed by atoms with van der Waals surface area (Å²) in [7, 11) is 0. The summed E-state index contributed by atoms with van der Waals surface area (Å²) in [4.78, 5) is 10.5. The van der Waals surface area contributed by atoms with Crippen LogP contribution in [0.5, 0.6) is 0 Å². The Balaban J connectivity index is 2.61. The van der Waals surface area contributed by atoms with Crippen molar-refractivity contribution in [2.24, 2.45) is 17.3 Å². The molecular formula is C20H30O2. The molecule has 0 spiro atoms. The Bertz CT molecular complexity index is 512. The summed E-state index contributed by atoms with van der Waals surface area (Å²) in [6.45, 7) is 11.0. The van der Waals surface area contributed by atoms with Gasteiger partial charge >= 0.3 is 5.97 Å². The van der Waals surface area contributed by atoms with Gasteiger partial charge in [0.05, 0.1) is 0 Å². The van der Waals surface area contributed by atoms with Gasteiger partial charge in [-0.1, -0.05) is 57.1 Å². The van der Waals surface area contributed by atoms with Crippen LogP contribution in [0.1, 0.15) is 66.7 Å². The standard InChI is InChI=1S/C20H30O2/c1-15(8-6-9-16(2)14-19(21)22)11-12-18-17(3)10-7-13-20(18,4)5/h11,14,17-18H,7,9-10,12-13H2,1-5H3,(H,21,22)/b15-11?,16-14+/t17-,18+/m1/s1. The lowest BCUT2D eigenvalue weighted by Crippen LogP contribution is -2.33. The SMILES string of the molecule is CC(C#CC/C(C)=C/C(=O)O)=CC[C@H]1[C@H](C)CCCC1(C)C. The lowest BCUT2D eigenvalue weighted by atomic mass is 9.63. The molecule has 0 aromatic heterocycles. The summed E-state index contributed by atoms with van der Waals surface area (Å²) < 4.78 is 0. The highest BCUT2D eigenvalue weighted by molar-refractivity contribution is 5.80. The van der Waals surface area contributed by atoms with Crippen molar-refractivity contribution in [1.82, 2.24) is 0 Å². The Hall–Kier alpha value is -1.49. The zero-order chi connectivity index (χ0) is 16.8. The van der Waals surface area contributed by atoms with Gasteiger partial charge < -0.3 is 5.11 Å². The van der Waals surface area contributed by atoms with E-state index in [1.165, 1.54) is 25.3 Å². The minimum absolute atomic E-state index is 0.419. The van der Waals surface area contributed by atoms with Gasteiger partial charge in [-0.3, -0.25) is 0 Å². The van der Waals surface area contributed by atoms with E-state index in [4.69, 9.17) is 5.11 Å². The van der Waals surface area contributed by atoms with Crippen LogP contribution in [0.2, 0.25) is 0 Å². The van der Waals surface area contributed by atoms with Crippen molar-refractivity contribution in [3.63, 3.8) is 0 Å². The van der Waals surface area contributed by atoms with Gasteiger partial charge in [0.25, 0.3) is 0 Å². The molecule has 2 atom stereocenters. The molecule has 0 aromatic carbocycles. The number of hydrogen-bond donors (Lipinski definition) is 1. The third-order valence-electron chi connectivity index (χ3n) is 4.87. The molecule has 0 unspecified atom stereocenters. The highest BCUT2D eigenvalue weighted by Gasteiger charge is 2.35. The van der Waals surface area contributed by atoms with Gasteiger partial charge in [-0.15, -0.1) is 0 Å². The van der Waals surface area contributed by atoms with Gasteiger partial charge in [-0.2, -0.15) is 0 Å². The number of aliphatic carboxylic acids is 1. The summed E-state index contributed by atoms with van der Waals surface area (Å²) in [5, 5.41) is 8.66. The molecule has 1 N–H and O–H groups in total. The highest BCUT2D eigenvalue weighted by Crippen LogP contribution is 2.45. The average molecular weight is 302 g/mol. The van der Waals surface area contributed by atoms with Gasteiger partial charge in [0.1, 0.15) is 0 Å². The Kier molecular flexibility index (Phi) is 6.94. The van der Waals surface area contributed by atoms with Gasteiger partial charge in [0.2, 0.25) is 0 Å². The predicted octanol–water partition coefficient (Wildman–Crippen LogP) is 5.21. The van der Waals surface area contributed by atoms with Crippen LogP contribution < -0.4 is 0 Å². The maximum atomic E-state index is 10.5. The van der Waals surface area contributed by atoms with Crippen molar-refractivity contribution in [1.29, 1.82) is 0 Å². The Morgan fingerprint density at radius 2 is 2.05 bits per heavy atom. The van der Waals surface area contributed by atoms with Crippen molar-refractivity contribution in [3.8, 4) is 11.8 Å². The van der Waals surface area contributed by atoms with Crippen molar-refractivity contribution in [2.75, 3.05) is 0 Å². The number of allylic oxidation sites excluding steroid dienone is 3. The van der Waals surface area contributed by atoms with E-state index < -0.39 is 5.97 Å². The van der Waals surface area contributed by atoms with Gasteiger partial charge in [-0.25, -0.2) is 4.79 Å². The fraction of sp³-hybridized carbons (Fsp3) is 0.650. The van der Waals surface area contributed by atoms with Gasteiger partial charge in [0, 0.05) is 12.5 Å². The molecule has 1 saturated carbocycles. The molecule has 0 saturated heterocycles. The molecule has 2 heteroatoms. The maximum absolute atomic E-state index is 10.5. The summed E-state index contributed by atoms with van der Waals surface area (Å²) in [6.07, 6.45) is 9.10. The van der Waals surface area contributed by atoms with Crippen LogP contribution in [0, 0.1) is 29.1 Å². The summed E-state index contributed by atoms with van der Waals surface area (Å²) in [6, 6.07) is 0. The average Bonchev–Trinajstić information content (AvgIpc) is 2.36. The van der Waals surface area contributed by atoms with Gasteiger partial charge in [-0.05, 0) is 49.5 Å². The minimum atomic E-state index is -0.903. The van der Waals surface area contributed by atoms with Crippen LogP contribution in [0.25, 0.3) is 0 Å². The number of carbonyl (C=O) groups is 1. The molecule has 1 rings (SSSR count). The number of hydrogen-bond acceptors (Lipinski definition) is 1. The zero-order valence-corrected chi connectivity index (χ0v) is 14.7. The molecule has 2 nitrogen and oxygen atoms in total. The zero-order valence-electron chi connectivity index (χ0n) is 14.7. The van der Waals surface area contributed by atoms with Crippen LogP contribution in [0.15, 0.2) is 23.3 Å². The first-order valence-electron chi connectivity index (χ1n) is 8.28. The first kappa shape index (κ1) is 18.6. The molecule has 0 bridgehead atoms. The first-order valence-corrected chi connectivity index (χ1v) is 8.28. The summed E-state index contributed by atoms with van der Waals surface area (Å²) in [5.41, 5.74) is 2.30. The molecule has 22 heavy (non-hydrogen) atoms. The Labute approximate surface area is 135 Å². The summed E-state index contributed by atoms with van der Waals surface area (Å²) in [5.74, 6) is 6.81. The second-order valence-corrected chi connectivity index (χ2v) is 7.39. The van der Waals surface area contributed by atoms with Crippen LogP contribution in [-0.4, -0.2) is 11.1 Å². The normalized spacial score (nSPS) is 25.3. The predicted molar refractivity (Wildman–Crippen MR) is 92.4 cm³/mol. The third-order valence-corrected chi connectivity index (χ3v) is 4.87. The summed E-state index contributed by atoms with van der Waals surface area (Å²) >= 11 is 0. The van der Waals surface area contributed by atoms with E-state index in [2.05, 4.69) is 38.7 Å². The quantitative estimate of drug-likeness (QED) is 0.572. The molecule has 0 aromatic rings.